The van der Waals surface area contributed by atoms with Crippen molar-refractivity contribution < 1.29 is 4.79 Å². The second-order valence-corrected chi connectivity index (χ2v) is 5.38. The average molecular weight is 302 g/mol. The number of rotatable bonds is 4. The molecule has 0 amide bonds. The first-order valence-corrected chi connectivity index (χ1v) is 7.46. The summed E-state index contributed by atoms with van der Waals surface area (Å²) < 4.78 is 0. The zero-order valence-electron chi connectivity index (χ0n) is 11.9. The molecule has 0 unspecified atom stereocenters. The maximum atomic E-state index is 12.5. The van der Waals surface area contributed by atoms with Crippen molar-refractivity contribution in [1.29, 1.82) is 0 Å². The summed E-state index contributed by atoms with van der Waals surface area (Å²) >= 11 is 5.39. The molecule has 0 aliphatic heterocycles. The van der Waals surface area contributed by atoms with Gasteiger partial charge in [-0.05, 0) is 22.8 Å². The Labute approximate surface area is 135 Å². The summed E-state index contributed by atoms with van der Waals surface area (Å²) in [5, 5.41) is 0. The molecule has 0 atom stereocenters. The molecule has 0 spiro atoms. The number of Topliss-reactive ketones (excluding diaryl/α,β-unsaturated/α-hetero) is 1. The van der Waals surface area contributed by atoms with Gasteiger partial charge in [-0.3, -0.25) is 4.79 Å². The number of carbonyl (C=O) groups is 1. The van der Waals surface area contributed by atoms with Crippen LogP contribution < -0.4 is 0 Å². The Kier molecular flexibility index (Phi) is 4.22. The third-order valence-electron chi connectivity index (χ3n) is 3.47. The van der Waals surface area contributed by atoms with Gasteiger partial charge in [0.1, 0.15) is 0 Å². The molecular formula is C20H14OS. The lowest BCUT2D eigenvalue weighted by Gasteiger charge is -2.07. The number of hydrogen-bond donors (Lipinski definition) is 0. The van der Waals surface area contributed by atoms with Crippen molar-refractivity contribution in [1.82, 2.24) is 0 Å². The quantitative estimate of drug-likeness (QED) is 0.501. The van der Waals surface area contributed by atoms with E-state index in [0.29, 0.717) is 10.4 Å². The molecule has 0 aliphatic carbocycles. The maximum Gasteiger partial charge on any atom is 0.204 e. The Balaban J connectivity index is 1.93. The van der Waals surface area contributed by atoms with Crippen molar-refractivity contribution >= 4 is 22.9 Å². The van der Waals surface area contributed by atoms with E-state index in [9.17, 15) is 4.79 Å². The number of hydrogen-bond acceptors (Lipinski definition) is 2. The van der Waals surface area contributed by atoms with Crippen LogP contribution in [0.2, 0.25) is 0 Å². The summed E-state index contributed by atoms with van der Waals surface area (Å²) in [7, 11) is 0. The Morgan fingerprint density at radius 2 is 1.18 bits per heavy atom. The van der Waals surface area contributed by atoms with Gasteiger partial charge in [-0.2, -0.15) is 0 Å². The zero-order valence-corrected chi connectivity index (χ0v) is 12.7. The van der Waals surface area contributed by atoms with Crippen LogP contribution >= 0.6 is 12.2 Å². The molecule has 3 aromatic carbocycles. The largest absolute Gasteiger partial charge is 0.288 e. The van der Waals surface area contributed by atoms with Gasteiger partial charge in [0.2, 0.25) is 5.78 Å². The van der Waals surface area contributed by atoms with Gasteiger partial charge in [0, 0.05) is 5.56 Å². The molecule has 0 saturated heterocycles. The molecule has 0 fully saturated rings. The second-order valence-electron chi connectivity index (χ2n) is 4.97. The van der Waals surface area contributed by atoms with E-state index < -0.39 is 0 Å². The molecule has 22 heavy (non-hydrogen) atoms. The van der Waals surface area contributed by atoms with Gasteiger partial charge in [0.05, 0.1) is 4.86 Å². The van der Waals surface area contributed by atoms with Crippen molar-refractivity contribution in [3.05, 3.63) is 96.1 Å². The lowest BCUT2D eigenvalue weighted by atomic mass is 9.98. The molecule has 0 aromatic heterocycles. The van der Waals surface area contributed by atoms with Gasteiger partial charge in [0.15, 0.2) is 0 Å². The smallest absolute Gasteiger partial charge is 0.204 e. The number of ketones is 1. The van der Waals surface area contributed by atoms with Crippen LogP contribution in [-0.2, 0) is 0 Å². The minimum atomic E-state index is -0.110. The van der Waals surface area contributed by atoms with Crippen LogP contribution in [0.25, 0.3) is 11.1 Å². The number of carbonyl (C=O) groups excluding carboxylic acids is 1. The molecule has 0 aliphatic rings. The molecule has 0 saturated carbocycles. The van der Waals surface area contributed by atoms with E-state index in [4.69, 9.17) is 12.2 Å². The Hall–Kier alpha value is -2.58. The summed E-state index contributed by atoms with van der Waals surface area (Å²) in [5.41, 5.74) is 3.57. The van der Waals surface area contributed by atoms with Crippen molar-refractivity contribution in [2.24, 2.45) is 0 Å². The molecule has 106 valence electrons. The molecule has 3 aromatic rings. The van der Waals surface area contributed by atoms with Gasteiger partial charge in [0.25, 0.3) is 0 Å². The minimum absolute atomic E-state index is 0.110. The molecular weight excluding hydrogens is 288 g/mol. The Morgan fingerprint density at radius 3 is 1.86 bits per heavy atom. The standard InChI is InChI=1S/C20H14OS/c21-19(16-10-5-2-6-11-16)20(22)18-13-7-12-17(14-18)15-8-3-1-4-9-15/h1-14H. The maximum absolute atomic E-state index is 12.5. The fourth-order valence-corrected chi connectivity index (χ4v) is 2.57. The number of benzene rings is 3. The first-order valence-electron chi connectivity index (χ1n) is 7.05. The van der Waals surface area contributed by atoms with E-state index in [0.717, 1.165) is 16.7 Å². The van der Waals surface area contributed by atoms with Gasteiger partial charge < -0.3 is 0 Å². The van der Waals surface area contributed by atoms with E-state index in [-0.39, 0.29) is 5.78 Å². The highest BCUT2D eigenvalue weighted by Gasteiger charge is 2.14. The van der Waals surface area contributed by atoms with Crippen molar-refractivity contribution in [3.63, 3.8) is 0 Å². The molecule has 0 radical (unpaired) electrons. The molecule has 3 rings (SSSR count). The predicted octanol–water partition coefficient (Wildman–Crippen LogP) is 4.95. The summed E-state index contributed by atoms with van der Waals surface area (Å²) in [6.45, 7) is 0. The van der Waals surface area contributed by atoms with Gasteiger partial charge in [-0.25, -0.2) is 0 Å². The van der Waals surface area contributed by atoms with Gasteiger partial charge in [-0.1, -0.05) is 91.1 Å². The summed E-state index contributed by atoms with van der Waals surface area (Å²) in [5.74, 6) is -0.110. The molecule has 0 N–H and O–H groups in total. The fourth-order valence-electron chi connectivity index (χ4n) is 2.32. The van der Waals surface area contributed by atoms with Gasteiger partial charge in [-0.15, -0.1) is 0 Å². The molecule has 0 bridgehead atoms. The van der Waals surface area contributed by atoms with Crippen LogP contribution in [0, 0.1) is 0 Å². The highest BCUT2D eigenvalue weighted by molar-refractivity contribution is 7.82. The van der Waals surface area contributed by atoms with E-state index in [1.807, 2.05) is 72.8 Å². The van der Waals surface area contributed by atoms with Crippen LogP contribution in [0.1, 0.15) is 15.9 Å². The van der Waals surface area contributed by atoms with Crippen LogP contribution in [-0.4, -0.2) is 10.6 Å². The van der Waals surface area contributed by atoms with E-state index in [1.54, 1.807) is 12.1 Å². The van der Waals surface area contributed by atoms with Crippen molar-refractivity contribution in [2.75, 3.05) is 0 Å². The summed E-state index contributed by atoms with van der Waals surface area (Å²) in [4.78, 5) is 12.8. The second kappa shape index (κ2) is 6.46. The number of thiocarbonyl (C=S) groups is 1. The predicted molar refractivity (Wildman–Crippen MR) is 94.4 cm³/mol. The molecule has 2 heteroatoms. The topological polar surface area (TPSA) is 17.1 Å². The SMILES string of the molecule is O=C(C(=S)c1cccc(-c2ccccc2)c1)c1ccccc1. The van der Waals surface area contributed by atoms with Crippen LogP contribution in [0.5, 0.6) is 0 Å². The van der Waals surface area contributed by atoms with Crippen LogP contribution in [0.15, 0.2) is 84.9 Å². The van der Waals surface area contributed by atoms with E-state index >= 15 is 0 Å². The summed E-state index contributed by atoms with van der Waals surface area (Å²) in [6, 6.07) is 27.0. The fraction of sp³-hybridized carbons (Fsp3) is 0. The lowest BCUT2D eigenvalue weighted by Crippen LogP contribution is -2.13. The third-order valence-corrected chi connectivity index (χ3v) is 3.90. The highest BCUT2D eigenvalue weighted by Crippen LogP contribution is 2.21. The molecule has 1 nitrogen and oxygen atoms in total. The Morgan fingerprint density at radius 1 is 0.636 bits per heavy atom. The summed E-state index contributed by atoms with van der Waals surface area (Å²) in [6.07, 6.45) is 0. The van der Waals surface area contributed by atoms with Crippen LogP contribution in [0.4, 0.5) is 0 Å². The normalized spacial score (nSPS) is 10.2. The first kappa shape index (κ1) is 14.4. The van der Waals surface area contributed by atoms with E-state index in [1.165, 1.54) is 0 Å². The minimum Gasteiger partial charge on any atom is -0.288 e. The average Bonchev–Trinajstić information content (AvgIpc) is 2.62. The zero-order chi connectivity index (χ0) is 15.4. The molecule has 0 heterocycles. The van der Waals surface area contributed by atoms with Crippen LogP contribution in [0.3, 0.4) is 0 Å². The lowest BCUT2D eigenvalue weighted by molar-refractivity contribution is 0.106. The monoisotopic (exact) mass is 302 g/mol. The third kappa shape index (κ3) is 3.02. The Bertz CT molecular complexity index is 807. The van der Waals surface area contributed by atoms with Gasteiger partial charge >= 0.3 is 0 Å². The van der Waals surface area contributed by atoms with Crippen molar-refractivity contribution in [3.8, 4) is 11.1 Å². The van der Waals surface area contributed by atoms with Crippen molar-refractivity contribution in [2.45, 2.75) is 0 Å². The first-order chi connectivity index (χ1) is 10.8. The highest BCUT2D eigenvalue weighted by atomic mass is 32.1. The van der Waals surface area contributed by atoms with E-state index in [2.05, 4.69) is 0 Å².